The van der Waals surface area contributed by atoms with Gasteiger partial charge in [-0.25, -0.2) is 0 Å². The van der Waals surface area contributed by atoms with Crippen LogP contribution in [0.3, 0.4) is 0 Å². The molecule has 10 aromatic carbocycles. The van der Waals surface area contributed by atoms with E-state index in [1.54, 1.807) is 0 Å². The van der Waals surface area contributed by atoms with Crippen LogP contribution in [0.15, 0.2) is 243 Å². The average molecular weight is 1020 g/mol. The zero-order chi connectivity index (χ0) is 54.0. The van der Waals surface area contributed by atoms with E-state index in [9.17, 15) is 0 Å². The molecular formula is C80H60. The van der Waals surface area contributed by atoms with Gasteiger partial charge in [0.05, 0.1) is 0 Å². The van der Waals surface area contributed by atoms with Crippen LogP contribution in [0, 0.1) is 0 Å². The van der Waals surface area contributed by atoms with Crippen LogP contribution >= 0.6 is 0 Å². The van der Waals surface area contributed by atoms with Crippen LogP contribution in [0.4, 0.5) is 0 Å². The van der Waals surface area contributed by atoms with Gasteiger partial charge in [0.2, 0.25) is 0 Å². The summed E-state index contributed by atoms with van der Waals surface area (Å²) in [5.41, 5.74) is 0. The van der Waals surface area contributed by atoms with Crippen molar-refractivity contribution in [2.45, 2.75) is 0 Å². The molecule has 26 rings (SSSR count). The highest BCUT2D eigenvalue weighted by Gasteiger charge is 1.89. The second kappa shape index (κ2) is 26.1. The summed E-state index contributed by atoms with van der Waals surface area (Å²) in [5.74, 6) is 0. The Morgan fingerprint density at radius 1 is 0.0625 bits per heavy atom. The summed E-state index contributed by atoms with van der Waals surface area (Å²) < 4.78 is 0. The minimum absolute atomic E-state index is 1.16. The van der Waals surface area contributed by atoms with E-state index in [0.717, 1.165) is 104 Å². The van der Waals surface area contributed by atoms with Gasteiger partial charge in [0.15, 0.2) is 0 Å². The molecule has 0 heterocycles. The van der Waals surface area contributed by atoms with Crippen molar-refractivity contribution in [3.63, 3.8) is 0 Å². The van der Waals surface area contributed by atoms with Crippen LogP contribution in [0.2, 0.25) is 0 Å². The van der Waals surface area contributed by atoms with E-state index in [1.165, 1.54) is 0 Å². The van der Waals surface area contributed by atoms with Gasteiger partial charge in [0.1, 0.15) is 0 Å². The molecule has 80 heavy (non-hydrogen) atoms. The van der Waals surface area contributed by atoms with E-state index in [-0.39, 0.29) is 0 Å². The maximum atomic E-state index is 2.17. The molecule has 0 aliphatic heterocycles. The third-order valence-electron chi connectivity index (χ3n) is 14.0. The van der Waals surface area contributed by atoms with Crippen LogP contribution in [0.25, 0.3) is 122 Å². The highest BCUT2D eigenvalue weighted by Crippen LogP contribution is 1.86. The molecule has 0 unspecified atom stereocenters. The molecule has 0 atom stereocenters. The molecular weight excluding hydrogens is 961 g/mol. The third kappa shape index (κ3) is 15.4. The lowest BCUT2D eigenvalue weighted by molar-refractivity contribution is 1.53. The summed E-state index contributed by atoms with van der Waals surface area (Å²) in [7, 11) is 0. The molecule has 10 aromatic rings. The molecule has 0 saturated heterocycles. The second-order valence-corrected chi connectivity index (χ2v) is 20.0. The van der Waals surface area contributed by atoms with Crippen LogP contribution in [0.1, 0.15) is 0 Å². The van der Waals surface area contributed by atoms with Crippen LogP contribution in [-0.4, -0.2) is 0 Å². The van der Waals surface area contributed by atoms with E-state index < -0.39 is 0 Å². The maximum absolute atomic E-state index is 2.17. The van der Waals surface area contributed by atoms with E-state index in [0.29, 0.717) is 0 Å². The Hall–Kier alpha value is -10.4. The molecule has 0 saturated carbocycles. The first-order valence-electron chi connectivity index (χ1n) is 27.3. The molecule has 16 aliphatic carbocycles. The largest absolute Gasteiger partial charge is 0.0544 e. The number of hydrogen-bond acceptors (Lipinski definition) is 0. The van der Waals surface area contributed by atoms with Crippen molar-refractivity contribution >= 4 is 122 Å². The van der Waals surface area contributed by atoms with E-state index in [2.05, 4.69) is 364 Å². The van der Waals surface area contributed by atoms with Crippen molar-refractivity contribution in [3.8, 4) is 0 Å². The summed E-state index contributed by atoms with van der Waals surface area (Å²) >= 11 is 0. The molecule has 0 nitrogen and oxygen atoms in total. The smallest absolute Gasteiger partial charge is 0.0256 e. The van der Waals surface area contributed by atoms with Gasteiger partial charge in [-0.3, -0.25) is 0 Å². The molecule has 0 fully saturated rings. The third-order valence-corrected chi connectivity index (χ3v) is 14.0. The Morgan fingerprint density at radius 2 is 0.100 bits per heavy atom. The molecule has 0 amide bonds. The molecule has 380 valence electrons. The van der Waals surface area contributed by atoms with Gasteiger partial charge in [0.25, 0.3) is 0 Å². The average Bonchev–Trinajstić information content (AvgIpc) is 3.52. The van der Waals surface area contributed by atoms with E-state index in [4.69, 9.17) is 0 Å². The highest BCUT2D eigenvalue weighted by molar-refractivity contribution is 5.68. The SMILES string of the molecule is C1=c2ccc(cc2)=CC=c2ccc(cc2)=CC=c2ccc(cc2)=CC=c2ccc(cc2)=CC=c2ccc(cc2)=CC=c2ccc(cc2)=CC=c2ccc(cc2)=CC=c2ccc(cc2)=CC=c2ccc(cc2)=CC=c2ccc(cc2)=C1. The first-order chi connectivity index (χ1) is 39.5. The topological polar surface area (TPSA) is 0 Å². The second-order valence-electron chi connectivity index (χ2n) is 20.0. The molecule has 0 heteroatoms. The molecule has 20 bridgehead atoms. The summed E-state index contributed by atoms with van der Waals surface area (Å²) in [6.07, 6.45) is 43.3. The highest BCUT2D eigenvalue weighted by atomic mass is 13.9. The first-order valence-corrected chi connectivity index (χ1v) is 27.3. The zero-order valence-corrected chi connectivity index (χ0v) is 44.6. The quantitative estimate of drug-likeness (QED) is 0.220. The van der Waals surface area contributed by atoms with Crippen molar-refractivity contribution in [2.24, 2.45) is 0 Å². The first kappa shape index (κ1) is 51.7. The van der Waals surface area contributed by atoms with Crippen LogP contribution in [0.5, 0.6) is 0 Å². The monoisotopic (exact) mass is 1020 g/mol. The standard InChI is InChI=1S/C80H60/c1-2-62-4-3-61(1)41-42-63-5-7-65(8-6-63)45-46-67-13-15-69(16-14-67)49-50-71-21-23-73(24-22-71)53-54-75-29-31-77(32-30-75)57-58-79-37-39-80(40-38-79)60-59-78-35-33-76(34-36-78)56-55-74-27-25-72(26-28-74)52-51-70-19-17-68(18-20-70)48-47-66-11-9-64(10-12-66)44-43-62/h1-60H. The summed E-state index contributed by atoms with van der Waals surface area (Å²) in [4.78, 5) is 0. The Labute approximate surface area is 465 Å². The molecule has 0 radical (unpaired) electrons. The van der Waals surface area contributed by atoms with Gasteiger partial charge >= 0.3 is 0 Å². The fourth-order valence-electron chi connectivity index (χ4n) is 9.11. The van der Waals surface area contributed by atoms with E-state index >= 15 is 0 Å². The number of hydrogen-bond donors (Lipinski definition) is 0. The number of rotatable bonds is 0. The normalized spacial score (nSPS) is 12.5. The molecule has 16 aliphatic rings. The minimum Gasteiger partial charge on any atom is -0.0544 e. The van der Waals surface area contributed by atoms with Gasteiger partial charge < -0.3 is 0 Å². The summed E-state index contributed by atoms with van der Waals surface area (Å²) in [6, 6.07) is 86.7. The van der Waals surface area contributed by atoms with Crippen molar-refractivity contribution in [1.29, 1.82) is 0 Å². The fraction of sp³-hybridized carbons (Fsp3) is 0. The van der Waals surface area contributed by atoms with Gasteiger partial charge in [-0.1, -0.05) is 364 Å². The maximum Gasteiger partial charge on any atom is -0.0256 e. The van der Waals surface area contributed by atoms with Crippen LogP contribution in [-0.2, 0) is 0 Å². The molecule has 0 N–H and O–H groups in total. The van der Waals surface area contributed by atoms with Crippen molar-refractivity contribution in [3.05, 3.63) is 347 Å². The Kier molecular flexibility index (Phi) is 16.9. The van der Waals surface area contributed by atoms with Gasteiger partial charge in [-0.2, -0.15) is 0 Å². The fourth-order valence-corrected chi connectivity index (χ4v) is 9.11. The Morgan fingerprint density at radius 3 is 0.138 bits per heavy atom. The molecule has 0 spiro atoms. The van der Waals surface area contributed by atoms with Gasteiger partial charge in [0, 0.05) is 0 Å². The zero-order valence-electron chi connectivity index (χ0n) is 44.6. The lowest BCUT2D eigenvalue weighted by Gasteiger charge is -1.90. The number of benzene rings is 10. The summed E-state index contributed by atoms with van der Waals surface area (Å²) in [6.45, 7) is 0. The van der Waals surface area contributed by atoms with E-state index in [1.807, 2.05) is 0 Å². The van der Waals surface area contributed by atoms with Gasteiger partial charge in [-0.05, 0) is 104 Å². The Balaban J connectivity index is 0.843. The van der Waals surface area contributed by atoms with Crippen molar-refractivity contribution < 1.29 is 0 Å². The van der Waals surface area contributed by atoms with Crippen molar-refractivity contribution in [1.82, 2.24) is 0 Å². The van der Waals surface area contributed by atoms with Gasteiger partial charge in [-0.15, -0.1) is 0 Å². The summed E-state index contributed by atoms with van der Waals surface area (Å²) in [5, 5.41) is 23.3. The predicted octanol–water partition coefficient (Wildman–Crippen LogP) is 2.61. The molecule has 0 aromatic heterocycles. The van der Waals surface area contributed by atoms with Crippen LogP contribution < -0.4 is 104 Å². The minimum atomic E-state index is 1.16. The Bertz CT molecular complexity index is 3630. The lowest BCUT2D eigenvalue weighted by Crippen LogP contribution is -2.10. The lowest BCUT2D eigenvalue weighted by atomic mass is 10.2. The predicted molar refractivity (Wildman–Crippen MR) is 346 cm³/mol. The van der Waals surface area contributed by atoms with Crippen molar-refractivity contribution in [2.75, 3.05) is 0 Å².